The Kier molecular flexibility index (Phi) is 6.68. The molecule has 7 heteroatoms. The summed E-state index contributed by atoms with van der Waals surface area (Å²) >= 11 is 0. The Morgan fingerprint density at radius 2 is 1.33 bits per heavy atom. The van der Waals surface area contributed by atoms with Crippen molar-refractivity contribution < 1.29 is 14.5 Å². The Labute approximate surface area is 173 Å². The monoisotopic (exact) mass is 401 g/mol. The Morgan fingerprint density at radius 1 is 0.800 bits per heavy atom. The minimum Gasteiger partial charge on any atom is -0.272 e. The molecule has 0 saturated heterocycles. The van der Waals surface area contributed by atoms with E-state index in [4.69, 9.17) is 0 Å². The molecule has 0 unspecified atom stereocenters. The van der Waals surface area contributed by atoms with Gasteiger partial charge < -0.3 is 0 Å². The van der Waals surface area contributed by atoms with Gasteiger partial charge in [0.05, 0.1) is 10.8 Å². The van der Waals surface area contributed by atoms with Crippen molar-refractivity contribution in [3.05, 3.63) is 118 Å². The third kappa shape index (κ3) is 5.39. The van der Waals surface area contributed by atoms with Crippen molar-refractivity contribution in [2.45, 2.75) is 5.92 Å². The number of nitro benzene ring substituents is 1. The SMILES string of the molecule is O=C(/C=C/c1ccc([N+](=O)[O-])cc1)NNC(=O)C(c1ccccc1)c1ccccc1. The molecule has 0 spiro atoms. The standard InChI is InChI=1S/C23H19N3O4/c27-21(16-13-17-11-14-20(15-12-17)26(29)30)24-25-23(28)22(18-7-3-1-4-8-18)19-9-5-2-6-10-19/h1-16,22H,(H,24,27)(H,25,28)/b16-13+. The third-order valence-electron chi connectivity index (χ3n) is 4.37. The van der Waals surface area contributed by atoms with Crippen LogP contribution in [0.1, 0.15) is 22.6 Å². The molecule has 0 atom stereocenters. The van der Waals surface area contributed by atoms with Crippen LogP contribution in [-0.4, -0.2) is 16.7 Å². The number of hydrogen-bond donors (Lipinski definition) is 2. The van der Waals surface area contributed by atoms with E-state index in [1.54, 1.807) is 0 Å². The summed E-state index contributed by atoms with van der Waals surface area (Å²) < 4.78 is 0. The van der Waals surface area contributed by atoms with Gasteiger partial charge in [0.25, 0.3) is 11.6 Å². The zero-order chi connectivity index (χ0) is 21.3. The van der Waals surface area contributed by atoms with Gasteiger partial charge in [-0.3, -0.25) is 30.6 Å². The molecule has 2 amide bonds. The highest BCUT2D eigenvalue weighted by Gasteiger charge is 2.22. The van der Waals surface area contributed by atoms with Crippen molar-refractivity contribution in [3.8, 4) is 0 Å². The van der Waals surface area contributed by atoms with Gasteiger partial charge in [0.1, 0.15) is 0 Å². The number of nitro groups is 1. The van der Waals surface area contributed by atoms with Gasteiger partial charge in [0.15, 0.2) is 0 Å². The predicted octanol–water partition coefficient (Wildman–Crippen LogP) is 3.59. The zero-order valence-corrected chi connectivity index (χ0v) is 15.9. The maximum atomic E-state index is 12.8. The van der Waals surface area contributed by atoms with Gasteiger partial charge in [-0.25, -0.2) is 0 Å². The van der Waals surface area contributed by atoms with Crippen LogP contribution in [0.5, 0.6) is 0 Å². The molecule has 3 rings (SSSR count). The van der Waals surface area contributed by atoms with Gasteiger partial charge in [-0.15, -0.1) is 0 Å². The first-order chi connectivity index (χ1) is 14.5. The van der Waals surface area contributed by atoms with Crippen molar-refractivity contribution >= 4 is 23.6 Å². The average molecular weight is 401 g/mol. The number of hydrazine groups is 1. The van der Waals surface area contributed by atoms with E-state index in [-0.39, 0.29) is 11.6 Å². The fourth-order valence-electron chi connectivity index (χ4n) is 2.90. The van der Waals surface area contributed by atoms with E-state index in [1.807, 2.05) is 60.7 Å². The number of nitrogens with one attached hydrogen (secondary N) is 2. The molecule has 3 aromatic rings. The lowest BCUT2D eigenvalue weighted by Crippen LogP contribution is -2.43. The Balaban J connectivity index is 1.65. The number of benzene rings is 3. The highest BCUT2D eigenvalue weighted by molar-refractivity contribution is 5.94. The maximum absolute atomic E-state index is 12.8. The van der Waals surface area contributed by atoms with Gasteiger partial charge >= 0.3 is 0 Å². The Hall–Kier alpha value is -4.26. The van der Waals surface area contributed by atoms with E-state index in [9.17, 15) is 19.7 Å². The molecule has 0 radical (unpaired) electrons. The topological polar surface area (TPSA) is 101 Å². The molecule has 0 fully saturated rings. The summed E-state index contributed by atoms with van der Waals surface area (Å²) in [5.74, 6) is -1.47. The molecule has 0 saturated carbocycles. The summed E-state index contributed by atoms with van der Waals surface area (Å²) in [5.41, 5.74) is 7.02. The van der Waals surface area contributed by atoms with Crippen LogP contribution in [0.3, 0.4) is 0 Å². The van der Waals surface area contributed by atoms with Crippen molar-refractivity contribution in [3.63, 3.8) is 0 Å². The maximum Gasteiger partial charge on any atom is 0.269 e. The molecule has 0 bridgehead atoms. The number of carbonyl (C=O) groups is 2. The van der Waals surface area contributed by atoms with E-state index in [0.717, 1.165) is 11.1 Å². The molecule has 150 valence electrons. The van der Waals surface area contributed by atoms with E-state index in [2.05, 4.69) is 10.9 Å². The number of rotatable bonds is 6. The first-order valence-corrected chi connectivity index (χ1v) is 9.17. The second-order valence-electron chi connectivity index (χ2n) is 6.41. The summed E-state index contributed by atoms with van der Waals surface area (Å²) in [7, 11) is 0. The third-order valence-corrected chi connectivity index (χ3v) is 4.37. The molecule has 0 aliphatic rings. The second kappa shape index (κ2) is 9.79. The lowest BCUT2D eigenvalue weighted by atomic mass is 9.91. The summed E-state index contributed by atoms with van der Waals surface area (Å²) in [4.78, 5) is 35.1. The number of carbonyl (C=O) groups excluding carboxylic acids is 2. The highest BCUT2D eigenvalue weighted by atomic mass is 16.6. The molecular formula is C23H19N3O4. The highest BCUT2D eigenvalue weighted by Crippen LogP contribution is 2.24. The second-order valence-corrected chi connectivity index (χ2v) is 6.41. The van der Waals surface area contributed by atoms with Gasteiger partial charge in [0.2, 0.25) is 5.91 Å². The lowest BCUT2D eigenvalue weighted by molar-refractivity contribution is -0.384. The van der Waals surface area contributed by atoms with Crippen LogP contribution in [0.2, 0.25) is 0 Å². The van der Waals surface area contributed by atoms with E-state index in [1.165, 1.54) is 36.4 Å². The van der Waals surface area contributed by atoms with Crippen molar-refractivity contribution in [1.29, 1.82) is 0 Å². The number of nitrogens with zero attached hydrogens (tertiary/aromatic N) is 1. The number of non-ortho nitro benzene ring substituents is 1. The van der Waals surface area contributed by atoms with Gasteiger partial charge in [0, 0.05) is 18.2 Å². The molecule has 2 N–H and O–H groups in total. The van der Waals surface area contributed by atoms with Gasteiger partial charge in [-0.2, -0.15) is 0 Å². The van der Waals surface area contributed by atoms with Crippen LogP contribution in [0, 0.1) is 10.1 Å². The number of amides is 2. The van der Waals surface area contributed by atoms with Crippen molar-refractivity contribution in [2.24, 2.45) is 0 Å². The van der Waals surface area contributed by atoms with Crippen LogP contribution in [0.15, 0.2) is 91.0 Å². The minimum atomic E-state index is -0.577. The first-order valence-electron chi connectivity index (χ1n) is 9.17. The number of hydrogen-bond acceptors (Lipinski definition) is 4. The molecule has 3 aromatic carbocycles. The molecular weight excluding hydrogens is 382 g/mol. The molecule has 7 nitrogen and oxygen atoms in total. The van der Waals surface area contributed by atoms with Crippen LogP contribution >= 0.6 is 0 Å². The summed E-state index contributed by atoms with van der Waals surface area (Å²) in [5, 5.41) is 10.7. The van der Waals surface area contributed by atoms with Crippen molar-refractivity contribution in [2.75, 3.05) is 0 Å². The van der Waals surface area contributed by atoms with Crippen LogP contribution in [0.4, 0.5) is 5.69 Å². The molecule has 0 aliphatic heterocycles. The first kappa shape index (κ1) is 20.5. The van der Waals surface area contributed by atoms with E-state index < -0.39 is 16.7 Å². The van der Waals surface area contributed by atoms with Crippen LogP contribution < -0.4 is 10.9 Å². The van der Waals surface area contributed by atoms with Crippen LogP contribution in [-0.2, 0) is 9.59 Å². The average Bonchev–Trinajstić information content (AvgIpc) is 2.78. The van der Waals surface area contributed by atoms with Crippen molar-refractivity contribution in [1.82, 2.24) is 10.9 Å². The van der Waals surface area contributed by atoms with E-state index in [0.29, 0.717) is 5.56 Å². The molecule has 0 aliphatic carbocycles. The molecule has 0 aromatic heterocycles. The summed E-state index contributed by atoms with van der Waals surface area (Å²) in [6, 6.07) is 24.3. The van der Waals surface area contributed by atoms with Crippen LogP contribution in [0.25, 0.3) is 6.08 Å². The quantitative estimate of drug-likeness (QED) is 0.374. The Morgan fingerprint density at radius 3 is 1.83 bits per heavy atom. The lowest BCUT2D eigenvalue weighted by Gasteiger charge is -2.17. The molecule has 30 heavy (non-hydrogen) atoms. The van der Waals surface area contributed by atoms with Gasteiger partial charge in [-0.1, -0.05) is 60.7 Å². The summed E-state index contributed by atoms with van der Waals surface area (Å²) in [6.07, 6.45) is 2.73. The largest absolute Gasteiger partial charge is 0.272 e. The Bertz CT molecular complexity index is 1010. The predicted molar refractivity (Wildman–Crippen MR) is 113 cm³/mol. The fraction of sp³-hybridized carbons (Fsp3) is 0.0435. The van der Waals surface area contributed by atoms with Gasteiger partial charge in [-0.05, 0) is 34.9 Å². The fourth-order valence-corrected chi connectivity index (χ4v) is 2.90. The smallest absolute Gasteiger partial charge is 0.269 e. The zero-order valence-electron chi connectivity index (χ0n) is 15.9. The molecule has 0 heterocycles. The minimum absolute atomic E-state index is 0.0308. The summed E-state index contributed by atoms with van der Waals surface area (Å²) in [6.45, 7) is 0. The van der Waals surface area contributed by atoms with E-state index >= 15 is 0 Å². The normalized spacial score (nSPS) is 10.7.